The van der Waals surface area contributed by atoms with Crippen molar-refractivity contribution in [1.82, 2.24) is 9.71 Å². The third-order valence-corrected chi connectivity index (χ3v) is 10.4. The zero-order chi connectivity index (χ0) is 26.8. The zero-order valence-corrected chi connectivity index (χ0v) is 22.5. The lowest BCUT2D eigenvalue weighted by atomic mass is 9.93. The number of aliphatic hydroxyl groups is 1. The maximum absolute atomic E-state index is 13.6. The number of sulfonamides is 1. The lowest BCUT2D eigenvalue weighted by Gasteiger charge is -2.35. The van der Waals surface area contributed by atoms with Gasteiger partial charge < -0.3 is 24.6 Å². The Bertz CT molecular complexity index is 1530. The number of nitrogens with one attached hydrogen (secondary N) is 2. The third kappa shape index (κ3) is 4.66. The van der Waals surface area contributed by atoms with Gasteiger partial charge in [0, 0.05) is 38.1 Å². The minimum atomic E-state index is -3.80. The quantitative estimate of drug-likeness (QED) is 0.390. The van der Waals surface area contributed by atoms with E-state index in [1.54, 1.807) is 24.5 Å². The Hall–Kier alpha value is -3.15. The van der Waals surface area contributed by atoms with E-state index >= 15 is 0 Å². The van der Waals surface area contributed by atoms with Gasteiger partial charge in [-0.25, -0.2) is 18.1 Å². The largest absolute Gasteiger partial charge is 0.460 e. The molecule has 2 unspecified atom stereocenters. The first-order valence-electron chi connectivity index (χ1n) is 13.8. The Labute approximate surface area is 227 Å². The number of piperidine rings is 2. The molecule has 2 aliphatic carbocycles. The van der Waals surface area contributed by atoms with Crippen molar-refractivity contribution in [2.75, 3.05) is 54.4 Å². The summed E-state index contributed by atoms with van der Waals surface area (Å²) in [4.78, 5) is 22.8. The Kier molecular flexibility index (Phi) is 5.87. The molecule has 1 amide bonds. The number of aromatic nitrogens is 1. The highest BCUT2D eigenvalue weighted by Gasteiger charge is 2.46. The molecule has 11 heteroatoms. The number of carbonyl (C=O) groups excluding carboxylic acids is 1. The van der Waals surface area contributed by atoms with Gasteiger partial charge in [-0.1, -0.05) is 0 Å². The van der Waals surface area contributed by atoms with Gasteiger partial charge in [-0.15, -0.1) is 0 Å². The second kappa shape index (κ2) is 9.21. The number of carbonyl (C=O) groups is 1. The van der Waals surface area contributed by atoms with Crippen LogP contribution in [0.5, 0.6) is 0 Å². The number of hydrogen-bond acceptors (Lipinski definition) is 8. The Balaban J connectivity index is 1.20. The van der Waals surface area contributed by atoms with E-state index in [-0.39, 0.29) is 24.0 Å². The number of benzene rings is 1. The number of hydrogen-bond donors (Lipinski definition) is 3. The van der Waals surface area contributed by atoms with Crippen molar-refractivity contribution in [3.05, 3.63) is 42.3 Å². The Morgan fingerprint density at radius 1 is 1.08 bits per heavy atom. The summed E-state index contributed by atoms with van der Waals surface area (Å²) in [7, 11) is -3.80. The number of anilines is 3. The molecule has 39 heavy (non-hydrogen) atoms. The maximum Gasteiger partial charge on any atom is 0.274 e. The van der Waals surface area contributed by atoms with E-state index in [4.69, 9.17) is 14.5 Å². The number of amides is 1. The normalized spacial score (nSPS) is 23.3. The molecule has 0 bridgehead atoms. The van der Waals surface area contributed by atoms with Crippen LogP contribution in [-0.4, -0.2) is 63.7 Å². The molecule has 2 atom stereocenters. The van der Waals surface area contributed by atoms with Crippen molar-refractivity contribution in [2.45, 2.75) is 37.0 Å². The highest BCUT2D eigenvalue weighted by molar-refractivity contribution is 7.89. The van der Waals surface area contributed by atoms with Crippen LogP contribution >= 0.6 is 0 Å². The predicted molar refractivity (Wildman–Crippen MR) is 148 cm³/mol. The molecule has 4 aliphatic rings. The van der Waals surface area contributed by atoms with Gasteiger partial charge in [-0.3, -0.25) is 4.79 Å². The van der Waals surface area contributed by atoms with Crippen LogP contribution in [0.4, 0.5) is 17.2 Å². The van der Waals surface area contributed by atoms with Gasteiger partial charge in [0.25, 0.3) is 5.91 Å². The SMILES string of the molecule is O=C(Nc1ccc(S(=O)(=O)NCCO)cc1N1CCC2(CC1)CC2)c1cc2ccoc2c(N2CC3CC3C2)n1. The van der Waals surface area contributed by atoms with Crippen molar-refractivity contribution >= 4 is 44.1 Å². The smallest absolute Gasteiger partial charge is 0.274 e. The minimum absolute atomic E-state index is 0.0641. The highest BCUT2D eigenvalue weighted by atomic mass is 32.2. The second-order valence-electron chi connectivity index (χ2n) is 11.6. The summed E-state index contributed by atoms with van der Waals surface area (Å²) in [6, 6.07) is 8.34. The van der Waals surface area contributed by atoms with Crippen LogP contribution < -0.4 is 19.8 Å². The number of pyridine rings is 1. The number of rotatable bonds is 8. The average molecular weight is 552 g/mol. The molecule has 4 heterocycles. The molecule has 2 aromatic heterocycles. The molecule has 2 saturated carbocycles. The summed E-state index contributed by atoms with van der Waals surface area (Å²) in [5.74, 6) is 1.77. The molecular formula is C28H33N5O5S. The van der Waals surface area contributed by atoms with Crippen LogP contribution in [0.3, 0.4) is 0 Å². The maximum atomic E-state index is 13.6. The van der Waals surface area contributed by atoms with Crippen LogP contribution in [0.2, 0.25) is 0 Å². The minimum Gasteiger partial charge on any atom is -0.460 e. The summed E-state index contributed by atoms with van der Waals surface area (Å²) in [5.41, 5.74) is 2.66. The lowest BCUT2D eigenvalue weighted by Crippen LogP contribution is -2.35. The fourth-order valence-electron chi connectivity index (χ4n) is 6.26. The van der Waals surface area contributed by atoms with Gasteiger partial charge in [-0.05, 0) is 79.7 Å². The zero-order valence-electron chi connectivity index (χ0n) is 21.7. The van der Waals surface area contributed by atoms with Crippen LogP contribution in [0.25, 0.3) is 11.0 Å². The van der Waals surface area contributed by atoms with E-state index in [1.807, 2.05) is 6.07 Å². The molecule has 1 spiro atoms. The first-order chi connectivity index (χ1) is 18.8. The van der Waals surface area contributed by atoms with E-state index in [0.717, 1.165) is 44.4 Å². The van der Waals surface area contributed by atoms with Gasteiger partial charge in [0.1, 0.15) is 5.69 Å². The van der Waals surface area contributed by atoms with Crippen molar-refractivity contribution in [2.24, 2.45) is 17.3 Å². The molecule has 0 radical (unpaired) electrons. The molecule has 4 fully saturated rings. The first kappa shape index (κ1) is 24.9. The van der Waals surface area contributed by atoms with Gasteiger partial charge in [-0.2, -0.15) is 0 Å². The molecule has 1 aromatic carbocycles. The van der Waals surface area contributed by atoms with Crippen LogP contribution in [0, 0.1) is 17.3 Å². The summed E-state index contributed by atoms with van der Waals surface area (Å²) in [6.45, 7) is 3.11. The summed E-state index contributed by atoms with van der Waals surface area (Å²) >= 11 is 0. The van der Waals surface area contributed by atoms with E-state index in [0.29, 0.717) is 45.7 Å². The molecule has 206 valence electrons. The topological polar surface area (TPSA) is 128 Å². The number of fused-ring (bicyclic) bond motifs is 2. The summed E-state index contributed by atoms with van der Waals surface area (Å²) < 4.78 is 33.8. The van der Waals surface area contributed by atoms with Gasteiger partial charge in [0.05, 0.1) is 29.1 Å². The van der Waals surface area contributed by atoms with E-state index < -0.39 is 10.0 Å². The lowest BCUT2D eigenvalue weighted by molar-refractivity contribution is 0.102. The van der Waals surface area contributed by atoms with Crippen LogP contribution in [0.1, 0.15) is 42.6 Å². The van der Waals surface area contributed by atoms with Crippen molar-refractivity contribution in [1.29, 1.82) is 0 Å². The van der Waals surface area contributed by atoms with Crippen LogP contribution in [-0.2, 0) is 10.0 Å². The average Bonchev–Trinajstić information content (AvgIpc) is 3.76. The molecule has 2 aliphatic heterocycles. The predicted octanol–water partition coefficient (Wildman–Crippen LogP) is 3.19. The fraction of sp³-hybridized carbons (Fsp3) is 0.500. The molecule has 3 aromatic rings. The van der Waals surface area contributed by atoms with E-state index in [2.05, 4.69) is 19.8 Å². The monoisotopic (exact) mass is 551 g/mol. The number of furan rings is 1. The molecule has 10 nitrogen and oxygen atoms in total. The van der Waals surface area contributed by atoms with Gasteiger partial charge in [0.15, 0.2) is 11.4 Å². The van der Waals surface area contributed by atoms with Crippen molar-refractivity contribution in [3.63, 3.8) is 0 Å². The van der Waals surface area contributed by atoms with Crippen molar-refractivity contribution < 1.29 is 22.7 Å². The second-order valence-corrected chi connectivity index (χ2v) is 13.3. The van der Waals surface area contributed by atoms with E-state index in [1.165, 1.54) is 25.3 Å². The molecule has 3 N–H and O–H groups in total. The standard InChI is InChI=1S/C28H33N5O5S/c34-11-8-29-39(36,37)21-1-2-22(24(15-21)32-9-6-28(4-5-28)7-10-32)31-27(35)23-14-18-3-12-38-25(18)26(30-23)33-16-19-13-20(19)17-33/h1-3,12,14-15,19-20,29,34H,4-11,13,16-17H2,(H,31,35). The summed E-state index contributed by atoms with van der Waals surface area (Å²) in [6.07, 6.45) is 7.51. The highest BCUT2D eigenvalue weighted by Crippen LogP contribution is 2.54. The fourth-order valence-corrected chi connectivity index (χ4v) is 7.30. The third-order valence-electron chi connectivity index (χ3n) is 8.98. The number of aliphatic hydroxyl groups excluding tert-OH is 1. The van der Waals surface area contributed by atoms with Crippen LogP contribution in [0.15, 0.2) is 45.9 Å². The molecular weight excluding hydrogens is 518 g/mol. The molecule has 7 rings (SSSR count). The Morgan fingerprint density at radius 2 is 1.85 bits per heavy atom. The Morgan fingerprint density at radius 3 is 2.56 bits per heavy atom. The molecule has 2 saturated heterocycles. The number of nitrogens with zero attached hydrogens (tertiary/aromatic N) is 3. The van der Waals surface area contributed by atoms with Gasteiger partial charge >= 0.3 is 0 Å². The van der Waals surface area contributed by atoms with E-state index in [9.17, 15) is 13.2 Å². The summed E-state index contributed by atoms with van der Waals surface area (Å²) in [5, 5.41) is 13.0. The van der Waals surface area contributed by atoms with Crippen molar-refractivity contribution in [3.8, 4) is 0 Å². The first-order valence-corrected chi connectivity index (χ1v) is 15.3. The van der Waals surface area contributed by atoms with Gasteiger partial charge in [0.2, 0.25) is 10.0 Å².